The second-order valence-corrected chi connectivity index (χ2v) is 6.65. The second-order valence-electron chi connectivity index (χ2n) is 4.23. The fourth-order valence-corrected chi connectivity index (χ4v) is 3.83. The third-order valence-corrected chi connectivity index (χ3v) is 4.87. The Kier molecular flexibility index (Phi) is 3.78. The van der Waals surface area contributed by atoms with E-state index in [-0.39, 0.29) is 17.1 Å². The first-order valence-corrected chi connectivity index (χ1v) is 8.22. The Hall–Kier alpha value is -1.21. The molecule has 1 amide bonds. The molecule has 19 heavy (non-hydrogen) atoms. The summed E-state index contributed by atoms with van der Waals surface area (Å²) in [4.78, 5) is 16.2. The van der Waals surface area contributed by atoms with Crippen molar-refractivity contribution in [1.29, 1.82) is 0 Å². The smallest absolute Gasteiger partial charge is 0.268 e. The number of carbonyl (C=O) groups excluding carboxylic acids is 1. The number of pyridine rings is 1. The van der Waals surface area contributed by atoms with E-state index in [0.29, 0.717) is 16.6 Å². The van der Waals surface area contributed by atoms with E-state index in [9.17, 15) is 13.2 Å². The number of hydrogen-bond donors (Lipinski definition) is 0. The lowest BCUT2D eigenvalue weighted by molar-refractivity contribution is 0.0880. The highest BCUT2D eigenvalue weighted by molar-refractivity contribution is 9.09. The van der Waals surface area contributed by atoms with Crippen LogP contribution in [0.4, 0.5) is 0 Å². The summed E-state index contributed by atoms with van der Waals surface area (Å²) in [5.74, 6) is -0.501. The minimum absolute atomic E-state index is 0.0294. The summed E-state index contributed by atoms with van der Waals surface area (Å²) in [5, 5.41) is 0.487. The largest absolute Gasteiger partial charge is 0.285 e. The van der Waals surface area contributed by atoms with E-state index in [1.165, 1.54) is 0 Å². The number of allylic oxidation sites excluding steroid dienone is 1. The van der Waals surface area contributed by atoms with Gasteiger partial charge in [-0.2, -0.15) is 8.42 Å². The zero-order chi connectivity index (χ0) is 14.2. The molecule has 1 aromatic heterocycles. The molecule has 0 radical (unpaired) electrons. The third kappa shape index (κ3) is 2.32. The van der Waals surface area contributed by atoms with Crippen molar-refractivity contribution in [3.63, 3.8) is 0 Å². The molecule has 0 saturated heterocycles. The van der Waals surface area contributed by atoms with Crippen molar-refractivity contribution >= 4 is 31.9 Å². The van der Waals surface area contributed by atoms with Crippen LogP contribution >= 0.6 is 15.9 Å². The minimum Gasteiger partial charge on any atom is -0.268 e. The number of fused-ring (bicyclic) bond motifs is 1. The number of amides is 1. The molecule has 1 aliphatic heterocycles. The lowest BCUT2D eigenvalue weighted by atomic mass is 10.1. The van der Waals surface area contributed by atoms with E-state index >= 15 is 0 Å². The van der Waals surface area contributed by atoms with Crippen molar-refractivity contribution in [2.75, 3.05) is 11.9 Å². The Morgan fingerprint density at radius 3 is 2.68 bits per heavy atom. The van der Waals surface area contributed by atoms with Gasteiger partial charge in [0, 0.05) is 11.0 Å². The van der Waals surface area contributed by atoms with E-state index in [1.54, 1.807) is 32.1 Å². The summed E-state index contributed by atoms with van der Waals surface area (Å²) in [5.41, 5.74) is 1.42. The van der Waals surface area contributed by atoms with Gasteiger partial charge < -0.3 is 0 Å². The van der Waals surface area contributed by atoms with Crippen molar-refractivity contribution in [3.05, 3.63) is 35.0 Å². The van der Waals surface area contributed by atoms with Gasteiger partial charge in [-0.1, -0.05) is 28.1 Å². The molecule has 1 aromatic rings. The fraction of sp³-hybridized carbons (Fsp3) is 0.333. The zero-order valence-electron chi connectivity index (χ0n) is 10.6. The Balaban J connectivity index is 2.53. The maximum Gasteiger partial charge on any atom is 0.285 e. The molecule has 102 valence electrons. The van der Waals surface area contributed by atoms with Crippen LogP contribution in [-0.4, -0.2) is 35.5 Å². The van der Waals surface area contributed by atoms with E-state index < -0.39 is 15.9 Å². The molecule has 5 nitrogen and oxygen atoms in total. The number of alkyl halides is 1. The molecule has 0 aromatic carbocycles. The summed E-state index contributed by atoms with van der Waals surface area (Å²) in [6.45, 7) is 3.46. The van der Waals surface area contributed by atoms with Gasteiger partial charge in [0.15, 0.2) is 5.03 Å². The Bertz CT molecular complexity index is 668. The van der Waals surface area contributed by atoms with Gasteiger partial charge in [0.2, 0.25) is 0 Å². The minimum atomic E-state index is -3.81. The summed E-state index contributed by atoms with van der Waals surface area (Å²) in [6.07, 6.45) is 3.38. The predicted octanol–water partition coefficient (Wildman–Crippen LogP) is 1.79. The molecule has 0 N–H and O–H groups in total. The van der Waals surface area contributed by atoms with Crippen molar-refractivity contribution in [2.24, 2.45) is 0 Å². The van der Waals surface area contributed by atoms with Crippen LogP contribution in [0, 0.1) is 13.8 Å². The van der Waals surface area contributed by atoms with Gasteiger partial charge >= 0.3 is 0 Å². The number of halogens is 1. The molecule has 0 fully saturated rings. The van der Waals surface area contributed by atoms with E-state index in [0.717, 1.165) is 4.31 Å². The topological polar surface area (TPSA) is 67.3 Å². The van der Waals surface area contributed by atoms with Gasteiger partial charge in [-0.05, 0) is 25.5 Å². The van der Waals surface area contributed by atoms with Gasteiger partial charge in [0.1, 0.15) is 0 Å². The van der Waals surface area contributed by atoms with Crippen LogP contribution in [0.2, 0.25) is 0 Å². The van der Waals surface area contributed by atoms with Crippen LogP contribution in [0.25, 0.3) is 0 Å². The highest BCUT2D eigenvalue weighted by Gasteiger charge is 2.43. The van der Waals surface area contributed by atoms with Crippen LogP contribution in [-0.2, 0) is 10.0 Å². The first-order chi connectivity index (χ1) is 8.89. The molecule has 0 spiro atoms. The first-order valence-electron chi connectivity index (χ1n) is 5.66. The molecule has 0 aliphatic carbocycles. The van der Waals surface area contributed by atoms with E-state index in [1.807, 2.05) is 0 Å². The third-order valence-electron chi connectivity index (χ3n) is 2.81. The SMILES string of the molecule is Cc1cc(C)c2c(n1)S(=O)(=O)N(C/C=C/CBr)C2=O. The maximum atomic E-state index is 12.3. The lowest BCUT2D eigenvalue weighted by Gasteiger charge is -2.11. The standard InChI is InChI=1S/C12H13BrN2O3S/c1-8-7-9(2)14-11-10(8)12(16)15(19(11,17)18)6-4-3-5-13/h3-4,7H,5-6H2,1-2H3/b4-3+. The van der Waals surface area contributed by atoms with Crippen LogP contribution in [0.3, 0.4) is 0 Å². The molecule has 0 bridgehead atoms. The maximum absolute atomic E-state index is 12.3. The number of aromatic nitrogens is 1. The average molecular weight is 345 g/mol. The molecule has 1 aliphatic rings. The molecule has 0 saturated carbocycles. The Morgan fingerprint density at radius 1 is 1.37 bits per heavy atom. The molecule has 2 rings (SSSR count). The Morgan fingerprint density at radius 2 is 2.05 bits per heavy atom. The van der Waals surface area contributed by atoms with Gasteiger partial charge in [0.25, 0.3) is 15.9 Å². The normalized spacial score (nSPS) is 17.2. The number of carbonyl (C=O) groups is 1. The van der Waals surface area contributed by atoms with Crippen LogP contribution in [0.1, 0.15) is 21.6 Å². The van der Waals surface area contributed by atoms with E-state index in [2.05, 4.69) is 20.9 Å². The summed E-state index contributed by atoms with van der Waals surface area (Å²) in [6, 6.07) is 1.71. The number of hydrogen-bond acceptors (Lipinski definition) is 4. The molecular weight excluding hydrogens is 332 g/mol. The van der Waals surface area contributed by atoms with E-state index in [4.69, 9.17) is 0 Å². The summed E-state index contributed by atoms with van der Waals surface area (Å²) in [7, 11) is -3.81. The number of aryl methyl sites for hydroxylation is 2. The molecular formula is C12H13BrN2O3S. The number of sulfonamides is 1. The highest BCUT2D eigenvalue weighted by atomic mass is 79.9. The van der Waals surface area contributed by atoms with Crippen LogP contribution < -0.4 is 0 Å². The van der Waals surface area contributed by atoms with Gasteiger partial charge in [-0.3, -0.25) is 4.79 Å². The van der Waals surface area contributed by atoms with Crippen molar-refractivity contribution in [1.82, 2.24) is 9.29 Å². The van der Waals surface area contributed by atoms with Gasteiger partial charge in [-0.25, -0.2) is 9.29 Å². The predicted molar refractivity (Wildman–Crippen MR) is 74.9 cm³/mol. The molecule has 0 unspecified atom stereocenters. The van der Waals surface area contributed by atoms with Crippen LogP contribution in [0.15, 0.2) is 23.2 Å². The quantitative estimate of drug-likeness (QED) is 0.619. The highest BCUT2D eigenvalue weighted by Crippen LogP contribution is 2.31. The lowest BCUT2D eigenvalue weighted by Crippen LogP contribution is -2.30. The zero-order valence-corrected chi connectivity index (χ0v) is 13.0. The Labute approximate surface area is 120 Å². The van der Waals surface area contributed by atoms with Crippen molar-refractivity contribution in [3.8, 4) is 0 Å². The second kappa shape index (κ2) is 5.05. The molecule has 2 heterocycles. The van der Waals surface area contributed by atoms with Crippen LogP contribution in [0.5, 0.6) is 0 Å². The number of nitrogens with zero attached hydrogens (tertiary/aromatic N) is 2. The van der Waals surface area contributed by atoms with Gasteiger partial charge in [0.05, 0.1) is 12.1 Å². The first kappa shape index (κ1) is 14.2. The monoisotopic (exact) mass is 344 g/mol. The molecule has 7 heteroatoms. The molecule has 0 atom stereocenters. The van der Waals surface area contributed by atoms with Gasteiger partial charge in [-0.15, -0.1) is 0 Å². The average Bonchev–Trinajstić information content (AvgIpc) is 2.50. The summed E-state index contributed by atoms with van der Waals surface area (Å²) < 4.78 is 25.4. The fourth-order valence-electron chi connectivity index (χ4n) is 2.00. The number of rotatable bonds is 3. The van der Waals surface area contributed by atoms with Crippen molar-refractivity contribution in [2.45, 2.75) is 18.9 Å². The summed E-state index contributed by atoms with van der Waals surface area (Å²) >= 11 is 3.20. The van der Waals surface area contributed by atoms with Crippen molar-refractivity contribution < 1.29 is 13.2 Å².